The third-order valence-electron chi connectivity index (χ3n) is 8.19. The Kier molecular flexibility index (Phi) is 12.7. The van der Waals surface area contributed by atoms with E-state index in [1.54, 1.807) is 0 Å². The number of unbranched alkanes of at least 4 members (excludes halogenated alkanes) is 4. The molecule has 0 spiro atoms. The van der Waals surface area contributed by atoms with E-state index in [1.807, 2.05) is 6.92 Å². The molecule has 3 unspecified atom stereocenters. The van der Waals surface area contributed by atoms with E-state index in [-0.39, 0.29) is 24.5 Å². The molecule has 1 aliphatic heterocycles. The van der Waals surface area contributed by atoms with Crippen molar-refractivity contribution in [1.82, 2.24) is 0 Å². The van der Waals surface area contributed by atoms with Crippen LogP contribution < -0.4 is 9.47 Å². The Morgan fingerprint density at radius 3 is 2.06 bits per heavy atom. The highest BCUT2D eigenvalue weighted by Crippen LogP contribution is 2.40. The van der Waals surface area contributed by atoms with Gasteiger partial charge >= 0.3 is 0 Å². The lowest BCUT2D eigenvalue weighted by Crippen LogP contribution is -2.37. The topological polar surface area (TPSA) is 27.7 Å². The molecule has 206 valence electrons. The molecule has 1 aliphatic carbocycles. The van der Waals surface area contributed by atoms with Gasteiger partial charge < -0.3 is 14.2 Å². The number of rotatable bonds is 15. The number of hydrogen-bond acceptors (Lipinski definition) is 3. The van der Waals surface area contributed by atoms with Gasteiger partial charge in [-0.1, -0.05) is 65.2 Å². The van der Waals surface area contributed by atoms with Crippen LogP contribution >= 0.6 is 0 Å². The maximum Gasteiger partial charge on any atom is 0.204 e. The number of alkyl halides is 1. The van der Waals surface area contributed by atoms with E-state index in [0.29, 0.717) is 25.0 Å². The minimum atomic E-state index is -1.17. The van der Waals surface area contributed by atoms with Gasteiger partial charge in [0, 0.05) is 6.42 Å². The number of benzene rings is 1. The zero-order chi connectivity index (χ0) is 25.8. The average Bonchev–Trinajstić information content (AvgIpc) is 2.91. The highest BCUT2D eigenvalue weighted by atomic mass is 19.2. The molecule has 0 bridgehead atoms. The van der Waals surface area contributed by atoms with Gasteiger partial charge in [-0.2, -0.15) is 8.78 Å². The van der Waals surface area contributed by atoms with Gasteiger partial charge in [0.2, 0.25) is 11.6 Å². The van der Waals surface area contributed by atoms with Crippen LogP contribution in [0.25, 0.3) is 0 Å². The van der Waals surface area contributed by atoms with E-state index in [0.717, 1.165) is 31.6 Å². The fourth-order valence-electron chi connectivity index (χ4n) is 5.79. The van der Waals surface area contributed by atoms with Gasteiger partial charge in [0.05, 0.1) is 25.9 Å². The SMILES string of the molecule is CCCCCCC1CCC(C2CCC(C(F)CCOc3ccc(OCCCC)c(F)c3F)OC2)CC1. The predicted octanol–water partition coefficient (Wildman–Crippen LogP) is 8.82. The van der Waals surface area contributed by atoms with Crippen LogP contribution in [0.1, 0.15) is 104 Å². The third-order valence-corrected chi connectivity index (χ3v) is 8.19. The lowest BCUT2D eigenvalue weighted by molar-refractivity contribution is -0.0754. The standard InChI is InChI=1S/C30H47F3O3/c1-3-5-7-8-9-22-10-12-23(13-11-22)24-14-15-26(36-21-24)25(31)18-20-35-28-17-16-27(29(32)30(28)33)34-19-6-4-2/h16-17,22-26H,3-15,18-21H2,1-2H3. The minimum Gasteiger partial charge on any atom is -0.490 e. The van der Waals surface area contributed by atoms with Gasteiger partial charge in [-0.15, -0.1) is 0 Å². The fourth-order valence-corrected chi connectivity index (χ4v) is 5.79. The van der Waals surface area contributed by atoms with Crippen LogP contribution in [0.4, 0.5) is 13.2 Å². The van der Waals surface area contributed by atoms with E-state index in [9.17, 15) is 13.2 Å². The van der Waals surface area contributed by atoms with Crippen molar-refractivity contribution in [2.45, 2.75) is 116 Å². The second-order valence-electron chi connectivity index (χ2n) is 10.9. The van der Waals surface area contributed by atoms with Crippen LogP contribution in [-0.2, 0) is 4.74 Å². The third kappa shape index (κ3) is 8.85. The smallest absolute Gasteiger partial charge is 0.204 e. The molecular weight excluding hydrogens is 465 g/mol. The molecule has 0 aromatic heterocycles. The molecule has 3 rings (SSSR count). The van der Waals surface area contributed by atoms with Gasteiger partial charge in [-0.3, -0.25) is 0 Å². The van der Waals surface area contributed by atoms with Crippen molar-refractivity contribution >= 4 is 0 Å². The van der Waals surface area contributed by atoms with E-state index < -0.39 is 23.9 Å². The van der Waals surface area contributed by atoms with E-state index in [4.69, 9.17) is 14.2 Å². The molecule has 3 atom stereocenters. The zero-order valence-corrected chi connectivity index (χ0v) is 22.4. The quantitative estimate of drug-likeness (QED) is 0.220. The normalized spacial score (nSPS) is 25.5. The highest BCUT2D eigenvalue weighted by Gasteiger charge is 2.34. The molecule has 0 N–H and O–H groups in total. The van der Waals surface area contributed by atoms with Crippen molar-refractivity contribution < 1.29 is 27.4 Å². The molecule has 6 heteroatoms. The monoisotopic (exact) mass is 512 g/mol. The van der Waals surface area contributed by atoms with Gasteiger partial charge in [-0.25, -0.2) is 4.39 Å². The summed E-state index contributed by atoms with van der Waals surface area (Å²) in [5.74, 6) is -0.338. The largest absolute Gasteiger partial charge is 0.490 e. The first-order valence-electron chi connectivity index (χ1n) is 14.5. The van der Waals surface area contributed by atoms with Gasteiger partial charge in [0.1, 0.15) is 6.17 Å². The number of halogens is 3. The van der Waals surface area contributed by atoms with E-state index in [1.165, 1.54) is 69.9 Å². The molecular formula is C30H47F3O3. The molecule has 1 aromatic carbocycles. The molecule has 1 heterocycles. The molecule has 36 heavy (non-hydrogen) atoms. The Balaban J connectivity index is 1.33. The average molecular weight is 513 g/mol. The Morgan fingerprint density at radius 1 is 0.806 bits per heavy atom. The first-order valence-corrected chi connectivity index (χ1v) is 14.5. The Labute approximate surface area is 216 Å². The first-order chi connectivity index (χ1) is 17.5. The number of hydrogen-bond donors (Lipinski definition) is 0. The van der Waals surface area contributed by atoms with Crippen LogP contribution in [0.2, 0.25) is 0 Å². The molecule has 2 aliphatic rings. The first kappa shape index (κ1) is 29.1. The lowest BCUT2D eigenvalue weighted by atomic mass is 9.72. The van der Waals surface area contributed by atoms with Gasteiger partial charge in [0.25, 0.3) is 0 Å². The van der Waals surface area contributed by atoms with E-state index >= 15 is 0 Å². The Hall–Kier alpha value is -1.43. The summed E-state index contributed by atoms with van der Waals surface area (Å²) in [6.07, 6.45) is 13.9. The summed E-state index contributed by atoms with van der Waals surface area (Å²) < 4.78 is 59.9. The van der Waals surface area contributed by atoms with Crippen molar-refractivity contribution in [3.63, 3.8) is 0 Å². The molecule has 3 nitrogen and oxygen atoms in total. The summed E-state index contributed by atoms with van der Waals surface area (Å²) >= 11 is 0. The van der Waals surface area contributed by atoms with Crippen LogP contribution in [0.15, 0.2) is 12.1 Å². The van der Waals surface area contributed by atoms with Gasteiger partial charge in [0.15, 0.2) is 11.5 Å². The Bertz CT molecular complexity index is 743. The van der Waals surface area contributed by atoms with Crippen LogP contribution in [-0.4, -0.2) is 32.1 Å². The van der Waals surface area contributed by atoms with Crippen LogP contribution in [0, 0.1) is 29.4 Å². The summed E-state index contributed by atoms with van der Waals surface area (Å²) in [4.78, 5) is 0. The molecule has 0 amide bonds. The molecule has 1 saturated carbocycles. The van der Waals surface area contributed by atoms with Crippen LogP contribution in [0.5, 0.6) is 11.5 Å². The lowest BCUT2D eigenvalue weighted by Gasteiger charge is -2.38. The van der Waals surface area contributed by atoms with Crippen LogP contribution in [0.3, 0.4) is 0 Å². The predicted molar refractivity (Wildman–Crippen MR) is 138 cm³/mol. The maximum absolute atomic E-state index is 14.8. The summed E-state index contributed by atoms with van der Waals surface area (Å²) in [5, 5.41) is 0. The summed E-state index contributed by atoms with van der Waals surface area (Å²) in [6, 6.07) is 2.70. The van der Waals surface area contributed by atoms with Crippen molar-refractivity contribution in [2.75, 3.05) is 19.8 Å². The van der Waals surface area contributed by atoms with Crippen molar-refractivity contribution in [3.8, 4) is 11.5 Å². The maximum atomic E-state index is 14.8. The molecule has 2 fully saturated rings. The fraction of sp³-hybridized carbons (Fsp3) is 0.800. The summed E-state index contributed by atoms with van der Waals surface area (Å²) in [5.41, 5.74) is 0. The Morgan fingerprint density at radius 2 is 1.44 bits per heavy atom. The second-order valence-corrected chi connectivity index (χ2v) is 10.9. The molecule has 1 saturated heterocycles. The second kappa shape index (κ2) is 15.7. The molecule has 0 radical (unpaired) electrons. The summed E-state index contributed by atoms with van der Waals surface area (Å²) in [6.45, 7) is 5.19. The zero-order valence-electron chi connectivity index (χ0n) is 22.4. The minimum absolute atomic E-state index is 0.0286. The summed E-state index contributed by atoms with van der Waals surface area (Å²) in [7, 11) is 0. The van der Waals surface area contributed by atoms with Crippen molar-refractivity contribution in [2.24, 2.45) is 17.8 Å². The van der Waals surface area contributed by atoms with Crippen molar-refractivity contribution in [1.29, 1.82) is 0 Å². The van der Waals surface area contributed by atoms with Gasteiger partial charge in [-0.05, 0) is 62.0 Å². The van der Waals surface area contributed by atoms with E-state index in [2.05, 4.69) is 6.92 Å². The molecule has 1 aromatic rings. The number of ether oxygens (including phenoxy) is 3. The highest BCUT2D eigenvalue weighted by molar-refractivity contribution is 5.35. The van der Waals surface area contributed by atoms with Crippen molar-refractivity contribution in [3.05, 3.63) is 23.8 Å².